The lowest BCUT2D eigenvalue weighted by atomic mass is 9.99. The van der Waals surface area contributed by atoms with Crippen LogP contribution in [-0.2, 0) is 0 Å². The molecule has 0 aromatic carbocycles. The fourth-order valence-corrected chi connectivity index (χ4v) is 2.13. The van der Waals surface area contributed by atoms with Crippen LogP contribution in [0.3, 0.4) is 0 Å². The van der Waals surface area contributed by atoms with Crippen molar-refractivity contribution >= 4 is 23.2 Å². The van der Waals surface area contributed by atoms with E-state index >= 15 is 0 Å². The van der Waals surface area contributed by atoms with Gasteiger partial charge in [0.25, 0.3) is 0 Å². The van der Waals surface area contributed by atoms with Gasteiger partial charge in [0.2, 0.25) is 0 Å². The maximum Gasteiger partial charge on any atom is 0.194 e. The van der Waals surface area contributed by atoms with Crippen molar-refractivity contribution < 1.29 is 4.74 Å². The van der Waals surface area contributed by atoms with E-state index in [1.807, 2.05) is 0 Å². The molecule has 2 rings (SSSR count). The molecule has 4 nitrogen and oxygen atoms in total. The second kappa shape index (κ2) is 5.66. The number of piperidine rings is 1. The van der Waals surface area contributed by atoms with Gasteiger partial charge in [-0.3, -0.25) is 0 Å². The fraction of sp³-hybridized carbons (Fsp3) is 0.600. The summed E-state index contributed by atoms with van der Waals surface area (Å²) in [7, 11) is 0. The lowest BCUT2D eigenvalue weighted by Gasteiger charge is -2.22. The van der Waals surface area contributed by atoms with Gasteiger partial charge in [-0.1, -0.05) is 23.2 Å². The average Bonchev–Trinajstić information content (AvgIpc) is 2.30. The van der Waals surface area contributed by atoms with Crippen molar-refractivity contribution in [2.24, 2.45) is 5.92 Å². The molecule has 0 spiro atoms. The van der Waals surface area contributed by atoms with E-state index in [1.54, 1.807) is 0 Å². The van der Waals surface area contributed by atoms with E-state index < -0.39 is 0 Å². The van der Waals surface area contributed by atoms with Gasteiger partial charge in [0.1, 0.15) is 6.33 Å². The smallest absolute Gasteiger partial charge is 0.194 e. The number of halogens is 2. The number of ether oxygens (including phenoxy) is 1. The Bertz CT molecular complexity index is 336. The topological polar surface area (TPSA) is 47.0 Å². The van der Waals surface area contributed by atoms with Crippen molar-refractivity contribution in [2.45, 2.75) is 12.8 Å². The van der Waals surface area contributed by atoms with Crippen LogP contribution in [0.15, 0.2) is 6.33 Å². The molecule has 1 N–H and O–H groups in total. The molecule has 0 amide bonds. The monoisotopic (exact) mass is 261 g/mol. The molecule has 2 heterocycles. The van der Waals surface area contributed by atoms with Gasteiger partial charge in [0.15, 0.2) is 16.1 Å². The SMILES string of the molecule is Clc1ncnc(Cl)c1OCC1CCNCC1. The highest BCUT2D eigenvalue weighted by molar-refractivity contribution is 6.35. The molecule has 0 atom stereocenters. The maximum atomic E-state index is 5.87. The molecule has 0 aliphatic carbocycles. The summed E-state index contributed by atoms with van der Waals surface area (Å²) in [5.41, 5.74) is 0. The molecule has 6 heteroatoms. The minimum absolute atomic E-state index is 0.272. The van der Waals surface area contributed by atoms with Crippen LogP contribution in [0.1, 0.15) is 12.8 Å². The van der Waals surface area contributed by atoms with Gasteiger partial charge in [-0.15, -0.1) is 0 Å². The summed E-state index contributed by atoms with van der Waals surface area (Å²) in [5, 5.41) is 3.85. The Hall–Kier alpha value is -0.580. The predicted octanol–water partition coefficient (Wildman–Crippen LogP) is 2.16. The van der Waals surface area contributed by atoms with Crippen LogP contribution in [0.2, 0.25) is 10.3 Å². The molecule has 0 unspecified atom stereocenters. The number of rotatable bonds is 3. The van der Waals surface area contributed by atoms with Gasteiger partial charge in [0, 0.05) is 0 Å². The van der Waals surface area contributed by atoms with Gasteiger partial charge >= 0.3 is 0 Å². The van der Waals surface area contributed by atoms with Gasteiger partial charge in [-0.25, -0.2) is 9.97 Å². The van der Waals surface area contributed by atoms with Gasteiger partial charge in [0.05, 0.1) is 6.61 Å². The van der Waals surface area contributed by atoms with Crippen molar-refractivity contribution in [3.8, 4) is 5.75 Å². The first-order valence-corrected chi connectivity index (χ1v) is 6.02. The Labute approximate surface area is 104 Å². The normalized spacial score (nSPS) is 17.4. The summed E-state index contributed by atoms with van der Waals surface area (Å²) in [6.07, 6.45) is 3.55. The van der Waals surface area contributed by atoms with Crippen molar-refractivity contribution in [2.75, 3.05) is 19.7 Å². The summed E-state index contributed by atoms with van der Waals surface area (Å²) < 4.78 is 5.59. The van der Waals surface area contributed by atoms with Crippen molar-refractivity contribution in [3.63, 3.8) is 0 Å². The van der Waals surface area contributed by atoms with E-state index in [1.165, 1.54) is 6.33 Å². The van der Waals surface area contributed by atoms with Crippen molar-refractivity contribution in [3.05, 3.63) is 16.6 Å². The minimum Gasteiger partial charge on any atom is -0.487 e. The summed E-state index contributed by atoms with van der Waals surface area (Å²) in [6, 6.07) is 0. The molecule has 0 radical (unpaired) electrons. The molecule has 1 saturated heterocycles. The summed E-state index contributed by atoms with van der Waals surface area (Å²) in [5.74, 6) is 0.943. The minimum atomic E-state index is 0.272. The molecule has 0 saturated carbocycles. The Kier molecular flexibility index (Phi) is 4.21. The third-order valence-corrected chi connectivity index (χ3v) is 3.18. The zero-order chi connectivity index (χ0) is 11.4. The molecule has 1 aliphatic rings. The maximum absolute atomic E-state index is 5.87. The molecule has 1 fully saturated rings. The number of nitrogens with one attached hydrogen (secondary N) is 1. The fourth-order valence-electron chi connectivity index (χ4n) is 1.70. The van der Waals surface area contributed by atoms with Gasteiger partial charge in [-0.05, 0) is 31.8 Å². The molecule has 1 aliphatic heterocycles. The van der Waals surface area contributed by atoms with Crippen LogP contribution in [0.4, 0.5) is 0 Å². The van der Waals surface area contributed by atoms with Crippen LogP contribution in [0.5, 0.6) is 5.75 Å². The Morgan fingerprint density at radius 3 is 2.50 bits per heavy atom. The molecule has 1 aromatic rings. The lowest BCUT2D eigenvalue weighted by molar-refractivity contribution is 0.214. The van der Waals surface area contributed by atoms with Crippen LogP contribution in [0.25, 0.3) is 0 Å². The summed E-state index contributed by atoms with van der Waals surface area (Å²) >= 11 is 11.7. The van der Waals surface area contributed by atoms with Crippen LogP contribution in [-0.4, -0.2) is 29.7 Å². The summed E-state index contributed by atoms with van der Waals surface area (Å²) in [4.78, 5) is 7.67. The molecule has 88 valence electrons. The largest absolute Gasteiger partial charge is 0.487 e. The quantitative estimate of drug-likeness (QED) is 0.848. The van der Waals surface area contributed by atoms with Gasteiger partial charge in [-0.2, -0.15) is 0 Å². The standard InChI is InChI=1S/C10H13Cl2N3O/c11-9-8(10(12)15-6-14-9)16-5-7-1-3-13-4-2-7/h6-7,13H,1-5H2. The molecular formula is C10H13Cl2N3O. The second-order valence-electron chi connectivity index (χ2n) is 3.79. The number of hydrogen-bond donors (Lipinski definition) is 1. The highest BCUT2D eigenvalue weighted by Gasteiger charge is 2.16. The zero-order valence-corrected chi connectivity index (χ0v) is 10.3. The third kappa shape index (κ3) is 2.97. The molecule has 1 aromatic heterocycles. The number of hydrogen-bond acceptors (Lipinski definition) is 4. The second-order valence-corrected chi connectivity index (χ2v) is 4.50. The van der Waals surface area contributed by atoms with E-state index in [4.69, 9.17) is 27.9 Å². The molecule has 0 bridgehead atoms. The Balaban J connectivity index is 1.93. The zero-order valence-electron chi connectivity index (χ0n) is 8.75. The lowest BCUT2D eigenvalue weighted by Crippen LogP contribution is -2.30. The first-order valence-electron chi connectivity index (χ1n) is 5.27. The molecular weight excluding hydrogens is 249 g/mol. The Morgan fingerprint density at radius 2 is 1.88 bits per heavy atom. The van der Waals surface area contributed by atoms with Crippen molar-refractivity contribution in [1.29, 1.82) is 0 Å². The van der Waals surface area contributed by atoms with E-state index in [0.29, 0.717) is 18.3 Å². The molecule has 16 heavy (non-hydrogen) atoms. The van der Waals surface area contributed by atoms with E-state index in [-0.39, 0.29) is 10.3 Å². The third-order valence-electron chi connectivity index (χ3n) is 2.64. The highest BCUT2D eigenvalue weighted by Crippen LogP contribution is 2.29. The average molecular weight is 262 g/mol. The van der Waals surface area contributed by atoms with E-state index in [9.17, 15) is 0 Å². The first kappa shape index (κ1) is 11.9. The van der Waals surface area contributed by atoms with Gasteiger partial charge < -0.3 is 10.1 Å². The highest BCUT2D eigenvalue weighted by atomic mass is 35.5. The van der Waals surface area contributed by atoms with E-state index in [0.717, 1.165) is 25.9 Å². The van der Waals surface area contributed by atoms with Crippen LogP contribution < -0.4 is 10.1 Å². The van der Waals surface area contributed by atoms with Crippen LogP contribution >= 0.6 is 23.2 Å². The number of nitrogens with zero attached hydrogens (tertiary/aromatic N) is 2. The Morgan fingerprint density at radius 1 is 1.25 bits per heavy atom. The van der Waals surface area contributed by atoms with Crippen LogP contribution in [0, 0.1) is 5.92 Å². The van der Waals surface area contributed by atoms with E-state index in [2.05, 4.69) is 15.3 Å². The summed E-state index contributed by atoms with van der Waals surface area (Å²) in [6.45, 7) is 2.70. The predicted molar refractivity (Wildman–Crippen MR) is 63.1 cm³/mol. The van der Waals surface area contributed by atoms with Crippen molar-refractivity contribution in [1.82, 2.24) is 15.3 Å². The number of aromatic nitrogens is 2. The first-order chi connectivity index (χ1) is 7.77.